The Morgan fingerprint density at radius 3 is 2.69 bits per heavy atom. The fourth-order valence-electron chi connectivity index (χ4n) is 3.02. The van der Waals surface area contributed by atoms with Crippen LogP contribution in [0, 0.1) is 11.3 Å². The number of nitriles is 1. The van der Waals surface area contributed by atoms with Crippen molar-refractivity contribution in [2.75, 3.05) is 31.1 Å². The number of aromatic nitrogens is 2. The zero-order chi connectivity index (χ0) is 18.1. The Morgan fingerprint density at radius 2 is 1.92 bits per heavy atom. The number of rotatable bonds is 3. The number of hydrogen-bond acceptors (Lipinski definition) is 7. The van der Waals surface area contributed by atoms with Crippen molar-refractivity contribution >= 4 is 37.4 Å². The molecule has 0 amide bonds. The van der Waals surface area contributed by atoms with Gasteiger partial charge in [-0.3, -0.25) is 0 Å². The fourth-order valence-corrected chi connectivity index (χ4v) is 5.35. The summed E-state index contributed by atoms with van der Waals surface area (Å²) in [5.74, 6) is 0.855. The lowest BCUT2D eigenvalue weighted by atomic mass is 10.2. The van der Waals surface area contributed by atoms with Crippen LogP contribution in [-0.2, 0) is 10.0 Å². The molecule has 7 nitrogen and oxygen atoms in total. The Morgan fingerprint density at radius 1 is 1.12 bits per heavy atom. The highest BCUT2D eigenvalue weighted by atomic mass is 32.2. The summed E-state index contributed by atoms with van der Waals surface area (Å²) < 4.78 is 28.2. The van der Waals surface area contributed by atoms with Gasteiger partial charge in [0.1, 0.15) is 12.1 Å². The third-order valence-corrected chi connectivity index (χ3v) is 7.16. The molecule has 1 aliphatic rings. The molecule has 3 aromatic rings. The van der Waals surface area contributed by atoms with Crippen LogP contribution >= 0.6 is 11.3 Å². The van der Waals surface area contributed by atoms with Crippen LogP contribution in [0.4, 0.5) is 5.82 Å². The van der Waals surface area contributed by atoms with E-state index >= 15 is 0 Å². The monoisotopic (exact) mass is 385 g/mol. The van der Waals surface area contributed by atoms with E-state index in [1.165, 1.54) is 16.4 Å². The van der Waals surface area contributed by atoms with Gasteiger partial charge in [-0.1, -0.05) is 6.07 Å². The summed E-state index contributed by atoms with van der Waals surface area (Å²) >= 11 is 1.59. The van der Waals surface area contributed by atoms with Gasteiger partial charge in [-0.05, 0) is 29.6 Å². The predicted octanol–water partition coefficient (Wildman–Crippen LogP) is 2.07. The number of piperazine rings is 1. The van der Waals surface area contributed by atoms with Crippen LogP contribution in [0.25, 0.3) is 10.2 Å². The number of anilines is 1. The number of fused-ring (bicyclic) bond motifs is 1. The molecule has 0 atom stereocenters. The van der Waals surface area contributed by atoms with Crippen LogP contribution in [0.2, 0.25) is 0 Å². The van der Waals surface area contributed by atoms with E-state index < -0.39 is 10.0 Å². The van der Waals surface area contributed by atoms with E-state index in [4.69, 9.17) is 5.26 Å². The van der Waals surface area contributed by atoms with Crippen LogP contribution < -0.4 is 4.90 Å². The summed E-state index contributed by atoms with van der Waals surface area (Å²) in [6, 6.07) is 10.1. The third-order valence-electron chi connectivity index (χ3n) is 4.36. The normalized spacial score (nSPS) is 15.9. The SMILES string of the molecule is N#Cc1cccc(S(=O)(=O)N2CCN(c3ncnc4ccsc34)CC2)c1. The van der Waals surface area contributed by atoms with E-state index in [1.54, 1.807) is 29.8 Å². The van der Waals surface area contributed by atoms with Crippen molar-refractivity contribution in [1.82, 2.24) is 14.3 Å². The summed E-state index contributed by atoms with van der Waals surface area (Å²) in [5.41, 5.74) is 1.24. The Bertz CT molecular complexity index is 1100. The van der Waals surface area contributed by atoms with Crippen molar-refractivity contribution < 1.29 is 8.42 Å². The molecule has 26 heavy (non-hydrogen) atoms. The molecule has 0 radical (unpaired) electrons. The number of hydrogen-bond donors (Lipinski definition) is 0. The fraction of sp³-hybridized carbons (Fsp3) is 0.235. The lowest BCUT2D eigenvalue weighted by Gasteiger charge is -2.34. The molecule has 9 heteroatoms. The van der Waals surface area contributed by atoms with Gasteiger partial charge in [-0.25, -0.2) is 18.4 Å². The largest absolute Gasteiger partial charge is 0.353 e. The molecule has 1 fully saturated rings. The van der Waals surface area contributed by atoms with E-state index in [-0.39, 0.29) is 4.90 Å². The molecule has 0 aliphatic carbocycles. The minimum Gasteiger partial charge on any atom is -0.353 e. The van der Waals surface area contributed by atoms with Crippen molar-refractivity contribution in [2.24, 2.45) is 0 Å². The summed E-state index contributed by atoms with van der Waals surface area (Å²) in [4.78, 5) is 10.9. The van der Waals surface area contributed by atoms with Crippen molar-refractivity contribution in [2.45, 2.75) is 4.90 Å². The molecule has 1 aromatic carbocycles. The summed E-state index contributed by atoms with van der Waals surface area (Å²) in [7, 11) is -3.61. The van der Waals surface area contributed by atoms with Crippen LogP contribution in [0.3, 0.4) is 0 Å². The Balaban J connectivity index is 1.55. The Kier molecular flexibility index (Phi) is 4.32. The van der Waals surface area contributed by atoms with Gasteiger partial charge in [-0.2, -0.15) is 9.57 Å². The highest BCUT2D eigenvalue weighted by Crippen LogP contribution is 2.29. The van der Waals surface area contributed by atoms with Gasteiger partial charge in [0.15, 0.2) is 0 Å². The zero-order valence-electron chi connectivity index (χ0n) is 13.7. The quantitative estimate of drug-likeness (QED) is 0.686. The topological polar surface area (TPSA) is 90.2 Å². The first-order chi connectivity index (χ1) is 12.6. The molecule has 2 aromatic heterocycles. The molecule has 0 saturated carbocycles. The first-order valence-corrected chi connectivity index (χ1v) is 10.3. The van der Waals surface area contributed by atoms with Gasteiger partial charge in [0.05, 0.1) is 26.7 Å². The third kappa shape index (κ3) is 2.92. The van der Waals surface area contributed by atoms with E-state index in [2.05, 4.69) is 14.9 Å². The van der Waals surface area contributed by atoms with E-state index in [0.717, 1.165) is 16.0 Å². The van der Waals surface area contributed by atoms with Crippen molar-refractivity contribution in [3.8, 4) is 6.07 Å². The summed E-state index contributed by atoms with van der Waals surface area (Å²) in [6.45, 7) is 1.86. The van der Waals surface area contributed by atoms with Gasteiger partial charge in [-0.15, -0.1) is 11.3 Å². The van der Waals surface area contributed by atoms with Gasteiger partial charge in [0.2, 0.25) is 10.0 Å². The molecule has 4 rings (SSSR count). The van der Waals surface area contributed by atoms with Crippen LogP contribution in [0.15, 0.2) is 46.9 Å². The number of thiophene rings is 1. The highest BCUT2D eigenvalue weighted by molar-refractivity contribution is 7.89. The van der Waals surface area contributed by atoms with E-state index in [0.29, 0.717) is 31.7 Å². The summed E-state index contributed by atoms with van der Waals surface area (Å²) in [5, 5.41) is 11.0. The molecule has 0 bridgehead atoms. The zero-order valence-corrected chi connectivity index (χ0v) is 15.4. The predicted molar refractivity (Wildman–Crippen MR) is 99.5 cm³/mol. The van der Waals surface area contributed by atoms with Gasteiger partial charge in [0, 0.05) is 26.2 Å². The average molecular weight is 385 g/mol. The van der Waals surface area contributed by atoms with Crippen LogP contribution in [0.5, 0.6) is 0 Å². The first-order valence-electron chi connectivity index (χ1n) is 8.03. The molecular weight excluding hydrogens is 370 g/mol. The minimum atomic E-state index is -3.61. The smallest absolute Gasteiger partial charge is 0.243 e. The second-order valence-corrected chi connectivity index (χ2v) is 8.72. The van der Waals surface area contributed by atoms with Crippen LogP contribution in [0.1, 0.15) is 5.56 Å². The second-order valence-electron chi connectivity index (χ2n) is 5.86. The first kappa shape index (κ1) is 16.9. The summed E-state index contributed by atoms with van der Waals surface area (Å²) in [6.07, 6.45) is 1.54. The van der Waals surface area contributed by atoms with Gasteiger partial charge >= 0.3 is 0 Å². The molecule has 1 saturated heterocycles. The average Bonchev–Trinajstić information content (AvgIpc) is 3.17. The highest BCUT2D eigenvalue weighted by Gasteiger charge is 2.29. The molecule has 132 valence electrons. The Labute approximate surface area is 155 Å². The maximum Gasteiger partial charge on any atom is 0.243 e. The molecular formula is C17H15N5O2S2. The van der Waals surface area contributed by atoms with Crippen molar-refractivity contribution in [3.05, 3.63) is 47.6 Å². The van der Waals surface area contributed by atoms with E-state index in [9.17, 15) is 8.42 Å². The van der Waals surface area contributed by atoms with Crippen molar-refractivity contribution in [3.63, 3.8) is 0 Å². The van der Waals surface area contributed by atoms with E-state index in [1.807, 2.05) is 17.5 Å². The molecule has 0 spiro atoms. The lowest BCUT2D eigenvalue weighted by Crippen LogP contribution is -2.49. The second kappa shape index (κ2) is 6.64. The molecule has 3 heterocycles. The number of benzene rings is 1. The standard InChI is InChI=1S/C17H15N5O2S2/c18-11-13-2-1-3-14(10-13)26(23,24)22-7-5-21(6-8-22)17-16-15(4-9-25-16)19-12-20-17/h1-4,9-10,12H,5-8H2. The maximum absolute atomic E-state index is 12.8. The van der Waals surface area contributed by atoms with Gasteiger partial charge in [0.25, 0.3) is 0 Å². The maximum atomic E-state index is 12.8. The lowest BCUT2D eigenvalue weighted by molar-refractivity contribution is 0.384. The molecule has 0 N–H and O–H groups in total. The number of nitrogens with zero attached hydrogens (tertiary/aromatic N) is 5. The molecule has 1 aliphatic heterocycles. The van der Waals surface area contributed by atoms with Gasteiger partial charge < -0.3 is 4.90 Å². The Hall–Kier alpha value is -2.54. The van der Waals surface area contributed by atoms with Crippen molar-refractivity contribution in [1.29, 1.82) is 5.26 Å². The minimum absolute atomic E-state index is 0.160. The molecule has 0 unspecified atom stereocenters. The number of sulfonamides is 1. The van der Waals surface area contributed by atoms with Crippen LogP contribution in [-0.4, -0.2) is 48.9 Å².